The highest BCUT2D eigenvalue weighted by Gasteiger charge is 2.33. The third-order valence-electron chi connectivity index (χ3n) is 4.86. The van der Waals surface area contributed by atoms with Gasteiger partial charge in [-0.2, -0.15) is 0 Å². The summed E-state index contributed by atoms with van der Waals surface area (Å²) >= 11 is 0. The van der Waals surface area contributed by atoms with Crippen LogP contribution in [0.3, 0.4) is 0 Å². The fourth-order valence-electron chi connectivity index (χ4n) is 3.98. The first-order valence-electron chi connectivity index (χ1n) is 8.24. The Kier molecular flexibility index (Phi) is 6.08. The van der Waals surface area contributed by atoms with Gasteiger partial charge in [0.2, 0.25) is 0 Å². The van der Waals surface area contributed by atoms with Crippen molar-refractivity contribution in [3.63, 3.8) is 0 Å². The lowest BCUT2D eigenvalue weighted by molar-refractivity contribution is 0.0622. The third kappa shape index (κ3) is 4.42. The quantitative estimate of drug-likeness (QED) is 0.825. The van der Waals surface area contributed by atoms with E-state index in [0.29, 0.717) is 18.6 Å². The van der Waals surface area contributed by atoms with E-state index in [2.05, 4.69) is 24.1 Å². The summed E-state index contributed by atoms with van der Waals surface area (Å²) in [6.45, 7) is 7.10. The van der Waals surface area contributed by atoms with Gasteiger partial charge in [-0.1, -0.05) is 33.1 Å². The minimum atomic E-state index is -0.197. The second-order valence-corrected chi connectivity index (χ2v) is 6.88. The zero-order valence-electron chi connectivity index (χ0n) is 12.7. The molecule has 3 heteroatoms. The minimum Gasteiger partial charge on any atom is -0.311 e. The van der Waals surface area contributed by atoms with Crippen LogP contribution in [0.1, 0.15) is 52.4 Å². The molecule has 1 saturated carbocycles. The van der Waals surface area contributed by atoms with Gasteiger partial charge in [-0.15, -0.1) is 0 Å². The fourth-order valence-corrected chi connectivity index (χ4v) is 3.98. The summed E-state index contributed by atoms with van der Waals surface area (Å²) < 4.78 is 12.8. The van der Waals surface area contributed by atoms with Gasteiger partial charge in [0, 0.05) is 31.7 Å². The summed E-state index contributed by atoms with van der Waals surface area (Å²) in [6, 6.07) is 1.14. The first-order valence-corrected chi connectivity index (χ1v) is 8.24. The molecule has 1 heterocycles. The van der Waals surface area contributed by atoms with Gasteiger partial charge in [0.05, 0.1) is 0 Å². The van der Waals surface area contributed by atoms with Crippen molar-refractivity contribution in [2.24, 2.45) is 11.8 Å². The molecule has 2 fully saturated rings. The van der Waals surface area contributed by atoms with Crippen LogP contribution < -0.4 is 5.32 Å². The molecule has 1 aliphatic heterocycles. The van der Waals surface area contributed by atoms with Gasteiger partial charge in [0.15, 0.2) is 0 Å². The highest BCUT2D eigenvalue weighted by Crippen LogP contribution is 2.30. The average molecular weight is 270 g/mol. The Morgan fingerprint density at radius 2 is 1.95 bits per heavy atom. The highest BCUT2D eigenvalue weighted by molar-refractivity contribution is 4.91. The number of hydrogen-bond donors (Lipinski definition) is 1. The second-order valence-electron chi connectivity index (χ2n) is 6.88. The Morgan fingerprint density at radius 3 is 2.58 bits per heavy atom. The predicted molar refractivity (Wildman–Crippen MR) is 79.2 cm³/mol. The van der Waals surface area contributed by atoms with E-state index in [0.717, 1.165) is 24.9 Å². The van der Waals surface area contributed by atoms with Crippen molar-refractivity contribution in [3.8, 4) is 0 Å². The molecule has 0 amide bonds. The smallest absolute Gasteiger partial charge is 0.102 e. The average Bonchev–Trinajstić information content (AvgIpc) is 2.40. The number of alkyl halides is 1. The van der Waals surface area contributed by atoms with Gasteiger partial charge >= 0.3 is 0 Å². The van der Waals surface area contributed by atoms with E-state index in [1.165, 1.54) is 38.5 Å². The molecule has 2 aliphatic rings. The number of nitrogens with zero attached hydrogens (tertiary/aromatic N) is 1. The Morgan fingerprint density at radius 1 is 1.21 bits per heavy atom. The van der Waals surface area contributed by atoms with Crippen LogP contribution in [0.15, 0.2) is 0 Å². The highest BCUT2D eigenvalue weighted by atomic mass is 19.1. The summed E-state index contributed by atoms with van der Waals surface area (Å²) in [5, 5.41) is 3.72. The predicted octanol–water partition coefficient (Wildman–Crippen LogP) is 3.22. The maximum atomic E-state index is 12.8. The van der Waals surface area contributed by atoms with Crippen LogP contribution in [0, 0.1) is 11.8 Å². The molecule has 0 aromatic rings. The summed E-state index contributed by atoms with van der Waals surface area (Å²) in [4.78, 5) is 2.44. The van der Waals surface area contributed by atoms with Gasteiger partial charge in [0.25, 0.3) is 0 Å². The summed E-state index contributed by atoms with van der Waals surface area (Å²) in [5.41, 5.74) is 0. The van der Waals surface area contributed by atoms with Crippen molar-refractivity contribution < 1.29 is 4.39 Å². The fraction of sp³-hybridized carbons (Fsp3) is 1.00. The van der Waals surface area contributed by atoms with E-state index in [1.54, 1.807) is 0 Å². The molecule has 1 aliphatic carbocycles. The molecule has 0 aromatic heterocycles. The van der Waals surface area contributed by atoms with E-state index in [1.807, 2.05) is 0 Å². The number of piperazine rings is 1. The van der Waals surface area contributed by atoms with Crippen molar-refractivity contribution in [1.82, 2.24) is 10.2 Å². The van der Waals surface area contributed by atoms with Crippen LogP contribution in [0.4, 0.5) is 4.39 Å². The van der Waals surface area contributed by atoms with Gasteiger partial charge in [-0.25, -0.2) is 4.39 Å². The summed E-state index contributed by atoms with van der Waals surface area (Å²) in [7, 11) is 0. The number of halogens is 1. The van der Waals surface area contributed by atoms with Crippen LogP contribution in [0.25, 0.3) is 0 Å². The van der Waals surface area contributed by atoms with Crippen molar-refractivity contribution >= 4 is 0 Å². The third-order valence-corrected chi connectivity index (χ3v) is 4.86. The first-order chi connectivity index (χ1) is 9.20. The van der Waals surface area contributed by atoms with Crippen LogP contribution in [-0.2, 0) is 0 Å². The standard InChI is InChI=1S/C16H31FN2/c1-13(2)10-15-12-19(9-8-17)16(11-18-15)14-6-4-3-5-7-14/h13-16,18H,3-12H2,1-2H3. The maximum Gasteiger partial charge on any atom is 0.102 e. The molecule has 1 saturated heterocycles. The van der Waals surface area contributed by atoms with Crippen molar-refractivity contribution in [1.29, 1.82) is 0 Å². The molecule has 2 nitrogen and oxygen atoms in total. The molecule has 112 valence electrons. The molecule has 2 rings (SSSR count). The normalized spacial score (nSPS) is 30.9. The molecule has 0 bridgehead atoms. The number of rotatable bonds is 5. The molecule has 0 spiro atoms. The maximum absolute atomic E-state index is 12.8. The van der Waals surface area contributed by atoms with Gasteiger partial charge < -0.3 is 5.32 Å². The van der Waals surface area contributed by atoms with Crippen LogP contribution in [0.5, 0.6) is 0 Å². The van der Waals surface area contributed by atoms with Crippen molar-refractivity contribution in [2.45, 2.75) is 64.5 Å². The summed E-state index contributed by atoms with van der Waals surface area (Å²) in [6.07, 6.45) is 8.06. The molecule has 19 heavy (non-hydrogen) atoms. The largest absolute Gasteiger partial charge is 0.311 e. The van der Waals surface area contributed by atoms with Gasteiger partial charge in [-0.05, 0) is 31.1 Å². The lowest BCUT2D eigenvalue weighted by Crippen LogP contribution is -2.59. The lowest BCUT2D eigenvalue weighted by Gasteiger charge is -2.45. The van der Waals surface area contributed by atoms with Gasteiger partial charge in [-0.3, -0.25) is 4.90 Å². The molecule has 0 radical (unpaired) electrons. The van der Waals surface area contributed by atoms with E-state index in [9.17, 15) is 4.39 Å². The lowest BCUT2D eigenvalue weighted by atomic mass is 9.82. The van der Waals surface area contributed by atoms with Crippen LogP contribution in [0.2, 0.25) is 0 Å². The molecule has 2 atom stereocenters. The SMILES string of the molecule is CC(C)CC1CN(CCF)C(C2CCCCC2)CN1. The van der Waals surface area contributed by atoms with Gasteiger partial charge in [0.1, 0.15) is 6.67 Å². The van der Waals surface area contributed by atoms with Crippen LogP contribution in [-0.4, -0.2) is 43.3 Å². The zero-order valence-corrected chi connectivity index (χ0v) is 12.7. The van der Waals surface area contributed by atoms with E-state index < -0.39 is 0 Å². The first kappa shape index (κ1) is 15.2. The molecular weight excluding hydrogens is 239 g/mol. The topological polar surface area (TPSA) is 15.3 Å². The monoisotopic (exact) mass is 270 g/mol. The van der Waals surface area contributed by atoms with E-state index in [4.69, 9.17) is 0 Å². The Bertz CT molecular complexity index is 251. The number of nitrogens with one attached hydrogen (secondary N) is 1. The number of hydrogen-bond acceptors (Lipinski definition) is 2. The Hall–Kier alpha value is -0.150. The zero-order chi connectivity index (χ0) is 13.7. The Balaban J connectivity index is 1.91. The summed E-state index contributed by atoms with van der Waals surface area (Å²) in [5.74, 6) is 1.52. The van der Waals surface area contributed by atoms with E-state index >= 15 is 0 Å². The molecule has 1 N–H and O–H groups in total. The molecular formula is C16H31FN2. The van der Waals surface area contributed by atoms with E-state index in [-0.39, 0.29) is 6.67 Å². The van der Waals surface area contributed by atoms with Crippen molar-refractivity contribution in [2.75, 3.05) is 26.3 Å². The minimum absolute atomic E-state index is 0.197. The van der Waals surface area contributed by atoms with Crippen molar-refractivity contribution in [3.05, 3.63) is 0 Å². The molecule has 2 unspecified atom stereocenters. The Labute approximate surface area is 118 Å². The molecule has 0 aromatic carbocycles. The van der Waals surface area contributed by atoms with Crippen LogP contribution >= 0.6 is 0 Å². The second kappa shape index (κ2) is 7.58.